The van der Waals surface area contributed by atoms with Crippen LogP contribution in [-0.4, -0.2) is 11.2 Å². The van der Waals surface area contributed by atoms with Gasteiger partial charge in [-0.3, -0.25) is 0 Å². The molecule has 3 aromatic carbocycles. The van der Waals surface area contributed by atoms with Gasteiger partial charge in [-0.05, 0) is 59.9 Å². The number of aromatic nitrogens is 1. The minimum absolute atomic E-state index is 0.444. The zero-order chi connectivity index (χ0) is 20.3. The molecule has 0 radical (unpaired) electrons. The van der Waals surface area contributed by atoms with Gasteiger partial charge in [0.25, 0.3) is 0 Å². The summed E-state index contributed by atoms with van der Waals surface area (Å²) in [5, 5.41) is 1.52. The number of fused-ring (bicyclic) bond motifs is 3. The maximum absolute atomic E-state index is 6.18. The molecule has 5 heteroatoms. The highest BCUT2D eigenvalue weighted by molar-refractivity contribution is 7.18. The molecule has 0 N–H and O–H groups in total. The van der Waals surface area contributed by atoms with Crippen LogP contribution in [0.25, 0.3) is 10.4 Å². The van der Waals surface area contributed by atoms with Gasteiger partial charge in [0, 0.05) is 16.8 Å². The van der Waals surface area contributed by atoms with Gasteiger partial charge in [-0.25, -0.2) is 9.98 Å². The first kappa shape index (κ1) is 19.0. The predicted molar refractivity (Wildman–Crippen MR) is 124 cm³/mol. The van der Waals surface area contributed by atoms with E-state index < -0.39 is 0 Å². The van der Waals surface area contributed by atoms with E-state index in [4.69, 9.17) is 21.3 Å². The van der Waals surface area contributed by atoms with E-state index in [-0.39, 0.29) is 0 Å². The maximum atomic E-state index is 6.18. The average Bonchev–Trinajstić information content (AvgIpc) is 3.22. The summed E-state index contributed by atoms with van der Waals surface area (Å²) in [4.78, 5) is 10.6. The molecule has 4 aromatic rings. The molecule has 1 heterocycles. The first-order valence-electron chi connectivity index (χ1n) is 9.84. The lowest BCUT2D eigenvalue weighted by atomic mass is 9.94. The Morgan fingerprint density at radius 1 is 0.967 bits per heavy atom. The summed E-state index contributed by atoms with van der Waals surface area (Å²) in [6.07, 6.45) is 3.88. The molecule has 3 nitrogen and oxygen atoms in total. The third kappa shape index (κ3) is 4.02. The number of benzene rings is 3. The first-order valence-corrected chi connectivity index (χ1v) is 11.0. The van der Waals surface area contributed by atoms with Crippen LogP contribution in [0.4, 0.5) is 5.13 Å². The minimum atomic E-state index is 0.444. The number of aryl methyl sites for hydroxylation is 2. The molecule has 0 saturated carbocycles. The fraction of sp³-hybridized carbons (Fsp3) is 0.120. The van der Waals surface area contributed by atoms with Gasteiger partial charge < -0.3 is 4.74 Å². The Morgan fingerprint density at radius 3 is 2.63 bits per heavy atom. The highest BCUT2D eigenvalue weighted by atomic mass is 35.5. The zero-order valence-corrected chi connectivity index (χ0v) is 17.8. The number of aliphatic imine (C=N–C) groups is 1. The van der Waals surface area contributed by atoms with Crippen molar-refractivity contribution in [3.8, 4) is 16.2 Å². The SMILES string of the molecule is Clc1ccccc1COc1ccc(C=Nc2nc3c(s2)-c2ccccc2CC3)cc1. The van der Waals surface area contributed by atoms with Crippen LogP contribution in [0.2, 0.25) is 5.02 Å². The van der Waals surface area contributed by atoms with Crippen molar-refractivity contribution in [2.45, 2.75) is 19.4 Å². The van der Waals surface area contributed by atoms with Gasteiger partial charge in [0.05, 0.1) is 10.6 Å². The third-order valence-electron chi connectivity index (χ3n) is 5.14. The van der Waals surface area contributed by atoms with Crippen LogP contribution in [0.5, 0.6) is 5.75 Å². The van der Waals surface area contributed by atoms with Crippen LogP contribution in [0.15, 0.2) is 77.8 Å². The molecule has 30 heavy (non-hydrogen) atoms. The van der Waals surface area contributed by atoms with Crippen LogP contribution in [0.1, 0.15) is 22.4 Å². The maximum Gasteiger partial charge on any atom is 0.209 e. The number of nitrogens with zero attached hydrogens (tertiary/aromatic N) is 2. The lowest BCUT2D eigenvalue weighted by Gasteiger charge is -2.13. The van der Waals surface area contributed by atoms with Crippen LogP contribution in [0, 0.1) is 0 Å². The monoisotopic (exact) mass is 430 g/mol. The standard InChI is InChI=1S/C25H19ClN2OS/c26-22-8-4-2-6-19(22)16-29-20-12-9-17(10-13-20)15-27-25-28-23-14-11-18-5-1-3-7-21(18)24(23)30-25/h1-10,12-13,15H,11,14,16H2. The molecular weight excluding hydrogens is 412 g/mol. The van der Waals surface area contributed by atoms with Gasteiger partial charge in [-0.1, -0.05) is 65.4 Å². The number of ether oxygens (including phenoxy) is 1. The molecule has 148 valence electrons. The Labute approximate surface area is 184 Å². The summed E-state index contributed by atoms with van der Waals surface area (Å²) >= 11 is 7.84. The van der Waals surface area contributed by atoms with Crippen molar-refractivity contribution in [3.63, 3.8) is 0 Å². The molecule has 1 aliphatic carbocycles. The number of hydrogen-bond donors (Lipinski definition) is 0. The van der Waals surface area contributed by atoms with E-state index in [2.05, 4.69) is 29.3 Å². The lowest BCUT2D eigenvalue weighted by Crippen LogP contribution is -2.01. The summed E-state index contributed by atoms with van der Waals surface area (Å²) in [5.74, 6) is 0.799. The topological polar surface area (TPSA) is 34.5 Å². The van der Waals surface area contributed by atoms with E-state index in [9.17, 15) is 0 Å². The van der Waals surface area contributed by atoms with Crippen molar-refractivity contribution in [1.29, 1.82) is 0 Å². The fourth-order valence-corrected chi connectivity index (χ4v) is 4.75. The quantitative estimate of drug-likeness (QED) is 0.323. The summed E-state index contributed by atoms with van der Waals surface area (Å²) in [6.45, 7) is 0.444. The van der Waals surface area contributed by atoms with E-state index in [1.54, 1.807) is 11.3 Å². The van der Waals surface area contributed by atoms with Crippen molar-refractivity contribution >= 4 is 34.3 Å². The van der Waals surface area contributed by atoms with Crippen molar-refractivity contribution in [1.82, 2.24) is 4.98 Å². The van der Waals surface area contributed by atoms with E-state index in [0.717, 1.165) is 45.6 Å². The Hall–Kier alpha value is -2.95. The third-order valence-corrected chi connectivity index (χ3v) is 6.54. The molecule has 0 aliphatic heterocycles. The molecular formula is C25H19ClN2OS. The van der Waals surface area contributed by atoms with Gasteiger partial charge in [0.2, 0.25) is 5.13 Å². The van der Waals surface area contributed by atoms with Gasteiger partial charge in [0.15, 0.2) is 0 Å². The van der Waals surface area contributed by atoms with Gasteiger partial charge >= 0.3 is 0 Å². The molecule has 1 aliphatic rings. The van der Waals surface area contributed by atoms with Crippen LogP contribution < -0.4 is 4.74 Å². The number of rotatable bonds is 5. The molecule has 0 unspecified atom stereocenters. The Kier molecular flexibility index (Phi) is 5.35. The largest absolute Gasteiger partial charge is 0.489 e. The normalized spacial score (nSPS) is 12.6. The summed E-state index contributed by atoms with van der Waals surface area (Å²) in [6, 6.07) is 24.2. The predicted octanol–water partition coefficient (Wildman–Crippen LogP) is 6.89. The van der Waals surface area contributed by atoms with Crippen molar-refractivity contribution < 1.29 is 4.74 Å². The molecule has 0 saturated heterocycles. The number of halogens is 1. The zero-order valence-electron chi connectivity index (χ0n) is 16.2. The second kappa shape index (κ2) is 8.42. The lowest BCUT2D eigenvalue weighted by molar-refractivity contribution is 0.306. The van der Waals surface area contributed by atoms with Crippen LogP contribution in [0.3, 0.4) is 0 Å². The number of thiazole rings is 1. The summed E-state index contributed by atoms with van der Waals surface area (Å²) < 4.78 is 5.84. The molecule has 0 spiro atoms. The number of hydrogen-bond acceptors (Lipinski definition) is 4. The Morgan fingerprint density at radius 2 is 1.77 bits per heavy atom. The van der Waals surface area contributed by atoms with Crippen molar-refractivity contribution in [2.75, 3.05) is 0 Å². The molecule has 1 aromatic heterocycles. The van der Waals surface area contributed by atoms with E-state index in [1.165, 1.54) is 16.0 Å². The Balaban J connectivity index is 1.27. The van der Waals surface area contributed by atoms with E-state index in [0.29, 0.717) is 6.61 Å². The molecule has 0 atom stereocenters. The van der Waals surface area contributed by atoms with E-state index >= 15 is 0 Å². The van der Waals surface area contributed by atoms with Gasteiger partial charge in [-0.15, -0.1) is 0 Å². The average molecular weight is 431 g/mol. The second-order valence-electron chi connectivity index (χ2n) is 7.14. The first-order chi connectivity index (χ1) is 14.8. The van der Waals surface area contributed by atoms with Crippen molar-refractivity contribution in [3.05, 3.63) is 100 Å². The highest BCUT2D eigenvalue weighted by Crippen LogP contribution is 2.40. The molecule has 0 fully saturated rings. The Bertz CT molecular complexity index is 1210. The van der Waals surface area contributed by atoms with Gasteiger partial charge in [0.1, 0.15) is 12.4 Å². The van der Waals surface area contributed by atoms with Gasteiger partial charge in [-0.2, -0.15) is 0 Å². The van der Waals surface area contributed by atoms with Crippen LogP contribution >= 0.6 is 22.9 Å². The molecule has 5 rings (SSSR count). The minimum Gasteiger partial charge on any atom is -0.489 e. The smallest absolute Gasteiger partial charge is 0.209 e. The summed E-state index contributed by atoms with van der Waals surface area (Å²) in [7, 11) is 0. The molecule has 0 amide bonds. The van der Waals surface area contributed by atoms with E-state index in [1.807, 2.05) is 54.7 Å². The summed E-state index contributed by atoms with van der Waals surface area (Å²) in [5.41, 5.74) is 5.84. The van der Waals surface area contributed by atoms with Crippen LogP contribution in [-0.2, 0) is 19.4 Å². The molecule has 0 bridgehead atoms. The van der Waals surface area contributed by atoms with Crippen molar-refractivity contribution in [2.24, 2.45) is 4.99 Å². The second-order valence-corrected chi connectivity index (χ2v) is 8.52. The highest BCUT2D eigenvalue weighted by Gasteiger charge is 2.19. The fourth-order valence-electron chi connectivity index (χ4n) is 3.54.